The maximum atomic E-state index is 13.3. The van der Waals surface area contributed by atoms with Gasteiger partial charge in [0.15, 0.2) is 0 Å². The van der Waals surface area contributed by atoms with E-state index in [0.29, 0.717) is 5.75 Å². The minimum absolute atomic E-state index is 0.191. The number of nitrogens with one attached hydrogen (secondary N) is 1. The maximum absolute atomic E-state index is 13.3. The minimum Gasteiger partial charge on any atom is -0.488 e. The van der Waals surface area contributed by atoms with Crippen LogP contribution in [0.25, 0.3) is 0 Å². The second kappa shape index (κ2) is 5.36. The van der Waals surface area contributed by atoms with Crippen LogP contribution in [0, 0.1) is 5.82 Å². The van der Waals surface area contributed by atoms with Crippen molar-refractivity contribution in [3.63, 3.8) is 0 Å². The first-order valence-corrected chi connectivity index (χ1v) is 6.01. The highest BCUT2D eigenvalue weighted by Crippen LogP contribution is 2.29. The molecule has 0 amide bonds. The molecule has 1 N–H and O–H groups in total. The highest BCUT2D eigenvalue weighted by atomic mass is 19.1. The average molecular weight is 238 g/mol. The second-order valence-electron chi connectivity index (χ2n) is 4.57. The van der Waals surface area contributed by atoms with E-state index in [9.17, 15) is 4.39 Å². The van der Waals surface area contributed by atoms with Gasteiger partial charge in [-0.15, -0.1) is 0 Å². The van der Waals surface area contributed by atoms with E-state index < -0.39 is 0 Å². The minimum atomic E-state index is -0.250. The van der Waals surface area contributed by atoms with Gasteiger partial charge in [-0.1, -0.05) is 0 Å². The van der Waals surface area contributed by atoms with Crippen LogP contribution in [0.3, 0.4) is 0 Å². The Morgan fingerprint density at radius 2 is 2.00 bits per heavy atom. The zero-order valence-electron chi connectivity index (χ0n) is 10.4. The molecule has 4 heteroatoms. The van der Waals surface area contributed by atoms with Crippen molar-refractivity contribution in [2.24, 2.45) is 0 Å². The molecule has 0 atom stereocenters. The Bertz CT molecular complexity index is 376. The summed E-state index contributed by atoms with van der Waals surface area (Å²) in [6.45, 7) is 1.94. The number of hydrogen-bond donors (Lipinski definition) is 1. The van der Waals surface area contributed by atoms with Crippen LogP contribution in [0.15, 0.2) is 18.2 Å². The molecule has 94 valence electrons. The molecular weight excluding hydrogens is 219 g/mol. The van der Waals surface area contributed by atoms with Crippen molar-refractivity contribution < 1.29 is 9.13 Å². The van der Waals surface area contributed by atoms with Crippen molar-refractivity contribution >= 4 is 5.69 Å². The van der Waals surface area contributed by atoms with E-state index in [1.54, 1.807) is 6.07 Å². The lowest BCUT2D eigenvalue weighted by Gasteiger charge is -2.26. The molecule has 2 rings (SSSR count). The van der Waals surface area contributed by atoms with Gasteiger partial charge < -0.3 is 15.0 Å². The van der Waals surface area contributed by atoms with Gasteiger partial charge in [-0.2, -0.15) is 0 Å². The van der Waals surface area contributed by atoms with Gasteiger partial charge in [-0.3, -0.25) is 0 Å². The van der Waals surface area contributed by atoms with Gasteiger partial charge >= 0.3 is 0 Å². The molecule has 1 aromatic rings. The third-order valence-electron chi connectivity index (χ3n) is 2.98. The molecule has 17 heavy (non-hydrogen) atoms. The van der Waals surface area contributed by atoms with Crippen LogP contribution >= 0.6 is 0 Å². The molecule has 1 heterocycles. The summed E-state index contributed by atoms with van der Waals surface area (Å²) in [5, 5.41) is 3.28. The van der Waals surface area contributed by atoms with Crippen molar-refractivity contribution in [3.8, 4) is 5.75 Å². The molecule has 1 aliphatic rings. The number of nitrogens with zero attached hydrogens (tertiary/aromatic N) is 1. The molecule has 0 saturated carbocycles. The molecule has 0 aliphatic carbocycles. The molecule has 1 aromatic carbocycles. The van der Waals surface area contributed by atoms with Crippen LogP contribution < -0.4 is 15.0 Å². The van der Waals surface area contributed by atoms with Crippen molar-refractivity contribution in [1.82, 2.24) is 5.32 Å². The molecule has 0 unspecified atom stereocenters. The van der Waals surface area contributed by atoms with Crippen LogP contribution in [0.2, 0.25) is 0 Å². The quantitative estimate of drug-likeness (QED) is 0.872. The highest BCUT2D eigenvalue weighted by Gasteiger charge is 2.17. The summed E-state index contributed by atoms with van der Waals surface area (Å²) in [5.74, 6) is 0.390. The number of ether oxygens (including phenoxy) is 1. The van der Waals surface area contributed by atoms with E-state index in [4.69, 9.17) is 4.74 Å². The van der Waals surface area contributed by atoms with Gasteiger partial charge in [0, 0.05) is 20.2 Å². The summed E-state index contributed by atoms with van der Waals surface area (Å²) < 4.78 is 19.2. The fourth-order valence-electron chi connectivity index (χ4n) is 2.04. The van der Waals surface area contributed by atoms with Crippen LogP contribution in [0.1, 0.15) is 12.8 Å². The van der Waals surface area contributed by atoms with Crippen molar-refractivity contribution in [2.75, 3.05) is 32.1 Å². The Morgan fingerprint density at radius 3 is 2.65 bits per heavy atom. The molecule has 0 aromatic heterocycles. The molecule has 1 saturated heterocycles. The summed E-state index contributed by atoms with van der Waals surface area (Å²) in [5.41, 5.74) is 0.921. The predicted molar refractivity (Wildman–Crippen MR) is 67.2 cm³/mol. The molecule has 1 aliphatic heterocycles. The second-order valence-corrected chi connectivity index (χ2v) is 4.57. The SMILES string of the molecule is CN(C)c1ccc(F)cc1OC1CCNCC1. The average Bonchev–Trinajstić information content (AvgIpc) is 2.30. The van der Waals surface area contributed by atoms with E-state index in [2.05, 4.69) is 5.32 Å². The van der Waals surface area contributed by atoms with E-state index in [1.165, 1.54) is 12.1 Å². The lowest BCUT2D eigenvalue weighted by atomic mass is 10.1. The number of hydrogen-bond acceptors (Lipinski definition) is 3. The Morgan fingerprint density at radius 1 is 1.29 bits per heavy atom. The Balaban J connectivity index is 2.14. The van der Waals surface area contributed by atoms with Gasteiger partial charge in [-0.05, 0) is 38.1 Å². The third-order valence-corrected chi connectivity index (χ3v) is 2.98. The Hall–Kier alpha value is -1.29. The first kappa shape index (κ1) is 12.2. The molecule has 0 spiro atoms. The van der Waals surface area contributed by atoms with Crippen LogP contribution in [0.4, 0.5) is 10.1 Å². The van der Waals surface area contributed by atoms with Gasteiger partial charge in [0.05, 0.1) is 5.69 Å². The smallest absolute Gasteiger partial charge is 0.145 e. The molecular formula is C13H19FN2O. The van der Waals surface area contributed by atoms with Gasteiger partial charge in [0.1, 0.15) is 17.7 Å². The number of piperidine rings is 1. The lowest BCUT2D eigenvalue weighted by molar-refractivity contribution is 0.162. The number of rotatable bonds is 3. The first-order valence-electron chi connectivity index (χ1n) is 6.01. The van der Waals surface area contributed by atoms with E-state index in [0.717, 1.165) is 31.6 Å². The summed E-state index contributed by atoms with van der Waals surface area (Å²) >= 11 is 0. The van der Waals surface area contributed by atoms with E-state index in [-0.39, 0.29) is 11.9 Å². The van der Waals surface area contributed by atoms with Crippen molar-refractivity contribution in [1.29, 1.82) is 0 Å². The Labute approximate surface area is 102 Å². The summed E-state index contributed by atoms with van der Waals surface area (Å²) in [7, 11) is 3.87. The summed E-state index contributed by atoms with van der Waals surface area (Å²) in [6, 6.07) is 4.69. The molecule has 3 nitrogen and oxygen atoms in total. The third kappa shape index (κ3) is 3.09. The normalized spacial score (nSPS) is 16.9. The standard InChI is InChI=1S/C13H19FN2O/c1-16(2)12-4-3-10(14)9-13(12)17-11-5-7-15-8-6-11/h3-4,9,11,15H,5-8H2,1-2H3. The van der Waals surface area contributed by atoms with E-state index in [1.807, 2.05) is 19.0 Å². The first-order chi connectivity index (χ1) is 8.16. The van der Waals surface area contributed by atoms with Gasteiger partial charge in [0.25, 0.3) is 0 Å². The van der Waals surface area contributed by atoms with E-state index >= 15 is 0 Å². The molecule has 0 bridgehead atoms. The fraction of sp³-hybridized carbons (Fsp3) is 0.538. The van der Waals surface area contributed by atoms with Crippen molar-refractivity contribution in [3.05, 3.63) is 24.0 Å². The predicted octanol–water partition coefficient (Wildman–Crippen LogP) is 2.02. The monoisotopic (exact) mass is 238 g/mol. The molecule has 0 radical (unpaired) electrons. The molecule has 1 fully saturated rings. The zero-order valence-corrected chi connectivity index (χ0v) is 10.4. The van der Waals surface area contributed by atoms with Crippen LogP contribution in [-0.2, 0) is 0 Å². The fourth-order valence-corrected chi connectivity index (χ4v) is 2.04. The highest BCUT2D eigenvalue weighted by molar-refractivity contribution is 5.57. The van der Waals surface area contributed by atoms with Crippen LogP contribution in [-0.4, -0.2) is 33.3 Å². The van der Waals surface area contributed by atoms with Crippen LogP contribution in [0.5, 0.6) is 5.75 Å². The van der Waals surface area contributed by atoms with Gasteiger partial charge in [0.2, 0.25) is 0 Å². The summed E-state index contributed by atoms with van der Waals surface area (Å²) in [4.78, 5) is 1.94. The largest absolute Gasteiger partial charge is 0.488 e. The van der Waals surface area contributed by atoms with Crippen molar-refractivity contribution in [2.45, 2.75) is 18.9 Å². The number of anilines is 1. The number of benzene rings is 1. The Kier molecular flexibility index (Phi) is 3.84. The maximum Gasteiger partial charge on any atom is 0.145 e. The topological polar surface area (TPSA) is 24.5 Å². The lowest BCUT2D eigenvalue weighted by Crippen LogP contribution is -2.34. The van der Waals surface area contributed by atoms with Gasteiger partial charge in [-0.25, -0.2) is 4.39 Å². The summed E-state index contributed by atoms with van der Waals surface area (Å²) in [6.07, 6.45) is 2.14. The number of halogens is 1. The zero-order chi connectivity index (χ0) is 12.3.